The lowest BCUT2D eigenvalue weighted by Crippen LogP contribution is -2.38. The van der Waals surface area contributed by atoms with Crippen molar-refractivity contribution in [1.82, 2.24) is 15.3 Å². The fourth-order valence-electron chi connectivity index (χ4n) is 1.91. The summed E-state index contributed by atoms with van der Waals surface area (Å²) in [5.74, 6) is 1.33. The van der Waals surface area contributed by atoms with E-state index in [1.165, 1.54) is 12.8 Å². The van der Waals surface area contributed by atoms with Gasteiger partial charge >= 0.3 is 0 Å². The lowest BCUT2D eigenvalue weighted by Gasteiger charge is -2.24. The molecule has 1 fully saturated rings. The van der Waals surface area contributed by atoms with Crippen LogP contribution in [0.4, 0.5) is 5.82 Å². The molecule has 1 aliphatic heterocycles. The minimum Gasteiger partial charge on any atom is -0.365 e. The predicted molar refractivity (Wildman–Crippen MR) is 65.6 cm³/mol. The van der Waals surface area contributed by atoms with Crippen molar-refractivity contribution in [2.24, 2.45) is 0 Å². The highest BCUT2D eigenvalue weighted by Gasteiger charge is 2.13. The van der Waals surface area contributed by atoms with E-state index >= 15 is 0 Å². The molecule has 0 bridgehead atoms. The molecule has 88 valence electrons. The van der Waals surface area contributed by atoms with Gasteiger partial charge in [-0.05, 0) is 25.3 Å². The minimum atomic E-state index is 0.429. The van der Waals surface area contributed by atoms with E-state index in [9.17, 15) is 0 Å². The maximum Gasteiger partial charge on any atom is 0.145 e. The Kier molecular flexibility index (Phi) is 3.72. The second kappa shape index (κ2) is 5.25. The molecule has 4 nitrogen and oxygen atoms in total. The summed E-state index contributed by atoms with van der Waals surface area (Å²) in [4.78, 5) is 8.79. The van der Waals surface area contributed by atoms with Crippen LogP contribution in [0.15, 0.2) is 12.4 Å². The number of aromatic nitrogens is 2. The summed E-state index contributed by atoms with van der Waals surface area (Å²) in [5, 5.41) is 6.82. The second-order valence-corrected chi connectivity index (χ2v) is 4.67. The molecule has 0 saturated carbocycles. The molecular formula is C12H20N4. The summed E-state index contributed by atoms with van der Waals surface area (Å²) in [6.07, 6.45) is 6.09. The summed E-state index contributed by atoms with van der Waals surface area (Å²) in [6.45, 7) is 6.43. The minimum absolute atomic E-state index is 0.429. The molecule has 0 aliphatic carbocycles. The summed E-state index contributed by atoms with van der Waals surface area (Å²) in [6, 6.07) is 0.491. The van der Waals surface area contributed by atoms with E-state index in [1.54, 1.807) is 6.20 Å². The van der Waals surface area contributed by atoms with E-state index in [1.807, 2.05) is 6.20 Å². The molecule has 2 N–H and O–H groups in total. The fourth-order valence-corrected chi connectivity index (χ4v) is 1.91. The molecule has 0 radical (unpaired) electrons. The smallest absolute Gasteiger partial charge is 0.145 e. The lowest BCUT2D eigenvalue weighted by atomic mass is 10.1. The number of hydrogen-bond acceptors (Lipinski definition) is 4. The first-order valence-electron chi connectivity index (χ1n) is 6.05. The Hall–Kier alpha value is -1.16. The number of rotatable bonds is 3. The van der Waals surface area contributed by atoms with Gasteiger partial charge in [-0.15, -0.1) is 0 Å². The van der Waals surface area contributed by atoms with Gasteiger partial charge in [-0.25, -0.2) is 4.98 Å². The third-order valence-electron chi connectivity index (χ3n) is 2.89. The Morgan fingerprint density at radius 1 is 1.44 bits per heavy atom. The van der Waals surface area contributed by atoms with Gasteiger partial charge in [-0.3, -0.25) is 4.98 Å². The number of hydrogen-bond donors (Lipinski definition) is 2. The van der Waals surface area contributed by atoms with Gasteiger partial charge in [0.05, 0.1) is 11.9 Å². The van der Waals surface area contributed by atoms with Gasteiger partial charge in [0, 0.05) is 18.8 Å². The molecule has 4 heteroatoms. The van der Waals surface area contributed by atoms with Crippen LogP contribution in [-0.2, 0) is 0 Å². The number of nitrogens with zero attached hydrogens (tertiary/aromatic N) is 2. The second-order valence-electron chi connectivity index (χ2n) is 4.67. The van der Waals surface area contributed by atoms with E-state index in [-0.39, 0.29) is 0 Å². The van der Waals surface area contributed by atoms with Crippen molar-refractivity contribution < 1.29 is 0 Å². The van der Waals surface area contributed by atoms with Crippen LogP contribution >= 0.6 is 0 Å². The Morgan fingerprint density at radius 2 is 2.31 bits per heavy atom. The van der Waals surface area contributed by atoms with Crippen molar-refractivity contribution in [1.29, 1.82) is 0 Å². The van der Waals surface area contributed by atoms with Gasteiger partial charge in [0.15, 0.2) is 0 Å². The molecule has 16 heavy (non-hydrogen) atoms. The Morgan fingerprint density at radius 3 is 3.00 bits per heavy atom. The molecule has 1 saturated heterocycles. The lowest BCUT2D eigenvalue weighted by molar-refractivity contribution is 0.478. The summed E-state index contributed by atoms with van der Waals surface area (Å²) in [7, 11) is 0. The highest BCUT2D eigenvalue weighted by molar-refractivity contribution is 5.33. The first kappa shape index (κ1) is 11.3. The molecule has 2 rings (SSSR count). The van der Waals surface area contributed by atoms with Crippen LogP contribution in [-0.4, -0.2) is 29.1 Å². The Labute approximate surface area is 96.9 Å². The van der Waals surface area contributed by atoms with Crippen molar-refractivity contribution in [3.8, 4) is 0 Å². The highest BCUT2D eigenvalue weighted by Crippen LogP contribution is 2.14. The van der Waals surface area contributed by atoms with E-state index in [4.69, 9.17) is 0 Å². The first-order valence-corrected chi connectivity index (χ1v) is 6.05. The van der Waals surface area contributed by atoms with Crippen molar-refractivity contribution in [3.63, 3.8) is 0 Å². The quantitative estimate of drug-likeness (QED) is 0.815. The summed E-state index contributed by atoms with van der Waals surface area (Å²) in [5.41, 5.74) is 1.05. The van der Waals surface area contributed by atoms with Gasteiger partial charge in [0.2, 0.25) is 0 Å². The SMILES string of the molecule is CC(C)c1cncc(NC2CCCNC2)n1. The Balaban J connectivity index is 2.00. The van der Waals surface area contributed by atoms with Gasteiger partial charge in [0.1, 0.15) is 5.82 Å². The summed E-state index contributed by atoms with van der Waals surface area (Å²) < 4.78 is 0. The van der Waals surface area contributed by atoms with E-state index < -0.39 is 0 Å². The topological polar surface area (TPSA) is 49.8 Å². The maximum atomic E-state index is 4.56. The first-order chi connectivity index (χ1) is 7.75. The van der Waals surface area contributed by atoms with Crippen molar-refractivity contribution in [2.45, 2.75) is 38.6 Å². The van der Waals surface area contributed by atoms with E-state index in [2.05, 4.69) is 34.4 Å². The standard InChI is InChI=1S/C12H20N4/c1-9(2)11-7-14-8-12(16-11)15-10-4-3-5-13-6-10/h7-10,13H,3-6H2,1-2H3,(H,15,16). The van der Waals surface area contributed by atoms with Crippen LogP contribution in [0, 0.1) is 0 Å². The molecule has 1 atom stereocenters. The van der Waals surface area contributed by atoms with Crippen molar-refractivity contribution in [3.05, 3.63) is 18.1 Å². The molecular weight excluding hydrogens is 200 g/mol. The van der Waals surface area contributed by atoms with Gasteiger partial charge in [-0.1, -0.05) is 13.8 Å². The van der Waals surface area contributed by atoms with Crippen LogP contribution in [0.3, 0.4) is 0 Å². The number of anilines is 1. The molecule has 0 aromatic carbocycles. The van der Waals surface area contributed by atoms with Crippen LogP contribution in [0.25, 0.3) is 0 Å². The van der Waals surface area contributed by atoms with Crippen LogP contribution in [0.2, 0.25) is 0 Å². The predicted octanol–water partition coefficient (Wildman–Crippen LogP) is 1.76. The zero-order valence-electron chi connectivity index (χ0n) is 10.0. The monoisotopic (exact) mass is 220 g/mol. The van der Waals surface area contributed by atoms with Crippen LogP contribution < -0.4 is 10.6 Å². The van der Waals surface area contributed by atoms with Gasteiger partial charge in [0.25, 0.3) is 0 Å². The van der Waals surface area contributed by atoms with Crippen LogP contribution in [0.5, 0.6) is 0 Å². The molecule has 2 heterocycles. The highest BCUT2D eigenvalue weighted by atomic mass is 15.1. The van der Waals surface area contributed by atoms with Gasteiger partial charge in [-0.2, -0.15) is 0 Å². The average Bonchev–Trinajstić information content (AvgIpc) is 2.30. The fraction of sp³-hybridized carbons (Fsp3) is 0.667. The maximum absolute atomic E-state index is 4.56. The largest absolute Gasteiger partial charge is 0.365 e. The third kappa shape index (κ3) is 2.92. The average molecular weight is 220 g/mol. The Bertz CT molecular complexity index is 332. The number of nitrogens with one attached hydrogen (secondary N) is 2. The molecule has 1 aromatic rings. The molecule has 1 aromatic heterocycles. The third-order valence-corrected chi connectivity index (χ3v) is 2.89. The summed E-state index contributed by atoms with van der Waals surface area (Å²) >= 11 is 0. The van der Waals surface area contributed by atoms with Crippen LogP contribution in [0.1, 0.15) is 38.3 Å². The van der Waals surface area contributed by atoms with Gasteiger partial charge < -0.3 is 10.6 Å². The molecule has 1 unspecified atom stereocenters. The number of piperidine rings is 1. The molecule has 0 spiro atoms. The van der Waals surface area contributed by atoms with Crippen molar-refractivity contribution in [2.75, 3.05) is 18.4 Å². The normalized spacial score (nSPS) is 21.1. The molecule has 1 aliphatic rings. The van der Waals surface area contributed by atoms with E-state index in [0.29, 0.717) is 12.0 Å². The zero-order chi connectivity index (χ0) is 11.4. The van der Waals surface area contributed by atoms with E-state index in [0.717, 1.165) is 24.6 Å². The van der Waals surface area contributed by atoms with Crippen molar-refractivity contribution >= 4 is 5.82 Å². The molecule has 0 amide bonds. The zero-order valence-corrected chi connectivity index (χ0v) is 10.0.